The van der Waals surface area contributed by atoms with Crippen LogP contribution in [-0.2, 0) is 0 Å². The van der Waals surface area contributed by atoms with E-state index in [2.05, 4.69) is 4.98 Å². The van der Waals surface area contributed by atoms with Crippen molar-refractivity contribution in [3.05, 3.63) is 59.1 Å². The summed E-state index contributed by atoms with van der Waals surface area (Å²) in [5, 5.41) is 0.685. The van der Waals surface area contributed by atoms with Gasteiger partial charge in [0.05, 0.1) is 11.2 Å². The van der Waals surface area contributed by atoms with E-state index in [1.54, 1.807) is 12.3 Å². The first-order chi connectivity index (χ1) is 8.68. The van der Waals surface area contributed by atoms with Crippen LogP contribution in [0, 0.1) is 5.82 Å². The maximum atomic E-state index is 13.5. The van der Waals surface area contributed by atoms with Crippen molar-refractivity contribution in [2.24, 2.45) is 5.73 Å². The Morgan fingerprint density at radius 3 is 2.83 bits per heavy atom. The van der Waals surface area contributed by atoms with Crippen LogP contribution in [0.5, 0.6) is 0 Å². The predicted molar refractivity (Wildman–Crippen MR) is 73.3 cm³/mol. The molecule has 0 saturated heterocycles. The van der Waals surface area contributed by atoms with Crippen molar-refractivity contribution in [1.82, 2.24) is 4.98 Å². The van der Waals surface area contributed by atoms with E-state index in [4.69, 9.17) is 17.3 Å². The predicted octanol–water partition coefficient (Wildman–Crippen LogP) is 3.67. The second-order valence-corrected chi connectivity index (χ2v) is 5.21. The third-order valence-electron chi connectivity index (χ3n) is 2.46. The van der Waals surface area contributed by atoms with Crippen LogP contribution >= 0.6 is 23.4 Å². The molecule has 5 heteroatoms. The fourth-order valence-electron chi connectivity index (χ4n) is 1.52. The molecule has 2 nitrogen and oxygen atoms in total. The maximum absolute atomic E-state index is 13.5. The van der Waals surface area contributed by atoms with Gasteiger partial charge >= 0.3 is 0 Å². The monoisotopic (exact) mass is 282 g/mol. The van der Waals surface area contributed by atoms with Gasteiger partial charge in [-0.15, -0.1) is 11.8 Å². The summed E-state index contributed by atoms with van der Waals surface area (Å²) in [5.41, 5.74) is 6.44. The summed E-state index contributed by atoms with van der Waals surface area (Å²) in [4.78, 5) is 4.65. The molecule has 1 aromatic carbocycles. The molecular formula is C13H12ClFN2S. The topological polar surface area (TPSA) is 38.9 Å². The van der Waals surface area contributed by atoms with Crippen molar-refractivity contribution in [2.75, 3.05) is 5.75 Å². The first-order valence-electron chi connectivity index (χ1n) is 5.41. The molecule has 0 fully saturated rings. The number of thioether (sulfide) groups is 1. The van der Waals surface area contributed by atoms with Gasteiger partial charge in [-0.1, -0.05) is 23.7 Å². The molecule has 0 spiro atoms. The molecule has 94 valence electrons. The number of pyridine rings is 1. The number of hydrogen-bond acceptors (Lipinski definition) is 3. The van der Waals surface area contributed by atoms with Crippen molar-refractivity contribution in [2.45, 2.75) is 10.9 Å². The molecule has 2 N–H and O–H groups in total. The lowest BCUT2D eigenvalue weighted by molar-refractivity contribution is 0.589. The summed E-state index contributed by atoms with van der Waals surface area (Å²) < 4.78 is 13.5. The van der Waals surface area contributed by atoms with Crippen LogP contribution in [0.25, 0.3) is 0 Å². The van der Waals surface area contributed by atoms with E-state index in [1.165, 1.54) is 18.0 Å². The molecule has 0 bridgehead atoms. The summed E-state index contributed by atoms with van der Waals surface area (Å²) in [6, 6.07) is 8.74. The number of halogens is 2. The zero-order chi connectivity index (χ0) is 13.0. The van der Waals surface area contributed by atoms with E-state index >= 15 is 0 Å². The maximum Gasteiger partial charge on any atom is 0.146 e. The standard InChI is InChI=1S/C13H12ClFN2S/c14-10-3-1-2-4-13(10)18-8-12(16)9-5-6-17-7-11(9)15/h1-7,12H,8,16H2. The molecule has 1 unspecified atom stereocenters. The smallest absolute Gasteiger partial charge is 0.146 e. The Kier molecular flexibility index (Phi) is 4.58. The molecule has 2 aromatic rings. The first-order valence-corrected chi connectivity index (χ1v) is 6.77. The van der Waals surface area contributed by atoms with E-state index in [0.717, 1.165) is 4.90 Å². The zero-order valence-corrected chi connectivity index (χ0v) is 11.1. The highest BCUT2D eigenvalue weighted by molar-refractivity contribution is 7.99. The lowest BCUT2D eigenvalue weighted by Crippen LogP contribution is -2.14. The average molecular weight is 283 g/mol. The van der Waals surface area contributed by atoms with Crippen molar-refractivity contribution >= 4 is 23.4 Å². The first kappa shape index (κ1) is 13.3. The summed E-state index contributed by atoms with van der Waals surface area (Å²) >= 11 is 7.55. The number of hydrogen-bond donors (Lipinski definition) is 1. The number of aromatic nitrogens is 1. The average Bonchev–Trinajstić information content (AvgIpc) is 2.38. The van der Waals surface area contributed by atoms with Crippen molar-refractivity contribution in [3.63, 3.8) is 0 Å². The highest BCUT2D eigenvalue weighted by Crippen LogP contribution is 2.29. The number of nitrogens with two attached hydrogens (primary N) is 1. The van der Waals surface area contributed by atoms with Gasteiger partial charge in [0.15, 0.2) is 0 Å². The minimum atomic E-state index is -0.380. The van der Waals surface area contributed by atoms with Crippen molar-refractivity contribution in [1.29, 1.82) is 0 Å². The van der Waals surface area contributed by atoms with Crippen LogP contribution in [-0.4, -0.2) is 10.7 Å². The van der Waals surface area contributed by atoms with Gasteiger partial charge in [-0.3, -0.25) is 4.98 Å². The Labute approximate surface area is 114 Å². The molecule has 18 heavy (non-hydrogen) atoms. The highest BCUT2D eigenvalue weighted by atomic mass is 35.5. The van der Waals surface area contributed by atoms with Crippen LogP contribution in [0.4, 0.5) is 4.39 Å². The van der Waals surface area contributed by atoms with Crippen molar-refractivity contribution in [3.8, 4) is 0 Å². The molecule has 0 aliphatic rings. The lowest BCUT2D eigenvalue weighted by atomic mass is 10.1. The van der Waals surface area contributed by atoms with Crippen LogP contribution in [0.2, 0.25) is 5.02 Å². The fourth-order valence-corrected chi connectivity index (χ4v) is 2.74. The van der Waals surface area contributed by atoms with E-state index in [-0.39, 0.29) is 11.9 Å². The second kappa shape index (κ2) is 6.18. The molecule has 1 heterocycles. The molecule has 2 rings (SSSR count). The minimum absolute atomic E-state index is 0.371. The third kappa shape index (κ3) is 3.22. The van der Waals surface area contributed by atoms with Gasteiger partial charge in [0.1, 0.15) is 5.82 Å². The molecule has 1 aromatic heterocycles. The molecule has 1 atom stereocenters. The second-order valence-electron chi connectivity index (χ2n) is 3.75. The van der Waals surface area contributed by atoms with Gasteiger partial charge in [0.2, 0.25) is 0 Å². The molecule has 0 aliphatic heterocycles. The van der Waals surface area contributed by atoms with Crippen LogP contribution < -0.4 is 5.73 Å². The van der Waals surface area contributed by atoms with E-state index < -0.39 is 0 Å². The Morgan fingerprint density at radius 2 is 2.11 bits per heavy atom. The normalized spacial score (nSPS) is 12.4. The Balaban J connectivity index is 2.03. The molecule has 0 aliphatic carbocycles. The zero-order valence-electron chi connectivity index (χ0n) is 9.51. The van der Waals surface area contributed by atoms with Crippen LogP contribution in [0.1, 0.15) is 11.6 Å². The van der Waals surface area contributed by atoms with Gasteiger partial charge in [-0.2, -0.15) is 0 Å². The van der Waals surface area contributed by atoms with Gasteiger partial charge in [-0.05, 0) is 18.2 Å². The number of rotatable bonds is 4. The largest absolute Gasteiger partial charge is 0.323 e. The summed E-state index contributed by atoms with van der Waals surface area (Å²) in [5.74, 6) is 0.190. The molecule has 0 radical (unpaired) electrons. The molecule has 0 saturated carbocycles. The minimum Gasteiger partial charge on any atom is -0.323 e. The van der Waals surface area contributed by atoms with Crippen molar-refractivity contribution < 1.29 is 4.39 Å². The van der Waals surface area contributed by atoms with E-state index in [0.29, 0.717) is 16.3 Å². The Bertz CT molecular complexity index is 536. The van der Waals surface area contributed by atoms with Crippen LogP contribution in [0.3, 0.4) is 0 Å². The van der Waals surface area contributed by atoms with Gasteiger partial charge in [0, 0.05) is 28.5 Å². The number of nitrogens with zero attached hydrogens (tertiary/aromatic N) is 1. The molecule has 0 amide bonds. The number of benzene rings is 1. The third-order valence-corrected chi connectivity index (χ3v) is 4.09. The quantitative estimate of drug-likeness (QED) is 0.870. The van der Waals surface area contributed by atoms with Gasteiger partial charge < -0.3 is 5.73 Å². The summed E-state index contributed by atoms with van der Waals surface area (Å²) in [7, 11) is 0. The Morgan fingerprint density at radius 1 is 1.33 bits per heavy atom. The highest BCUT2D eigenvalue weighted by Gasteiger charge is 2.12. The SMILES string of the molecule is NC(CSc1ccccc1Cl)c1ccncc1F. The van der Waals surface area contributed by atoms with Gasteiger partial charge in [-0.25, -0.2) is 4.39 Å². The summed E-state index contributed by atoms with van der Waals surface area (Å²) in [6.45, 7) is 0. The fraction of sp³-hybridized carbons (Fsp3) is 0.154. The van der Waals surface area contributed by atoms with E-state index in [9.17, 15) is 4.39 Å². The van der Waals surface area contributed by atoms with E-state index in [1.807, 2.05) is 24.3 Å². The summed E-state index contributed by atoms with van der Waals surface area (Å²) in [6.07, 6.45) is 2.72. The van der Waals surface area contributed by atoms with Gasteiger partial charge in [0.25, 0.3) is 0 Å². The van der Waals surface area contributed by atoms with Crippen LogP contribution in [0.15, 0.2) is 47.6 Å². The lowest BCUT2D eigenvalue weighted by Gasteiger charge is -2.12. The Hall–Kier alpha value is -1.10. The molecular weight excluding hydrogens is 271 g/mol.